The number of fused-ring (bicyclic) bond motifs is 1. The molecule has 17 heavy (non-hydrogen) atoms. The van der Waals surface area contributed by atoms with Gasteiger partial charge in [0.1, 0.15) is 0 Å². The van der Waals surface area contributed by atoms with E-state index in [1.165, 1.54) is 0 Å². The smallest absolute Gasteiger partial charge is 0.166 e. The lowest BCUT2D eigenvalue weighted by Crippen LogP contribution is -2.17. The highest BCUT2D eigenvalue weighted by atomic mass is 16.1. The standard InChI is InChI=1S/C14H16N2O/c1-2-15-8-7-14(17)13-10-16-9-11-5-3-4-6-12(11)13/h3-6,9-10,15H,2,7-8H2,1H3. The van der Waals surface area contributed by atoms with Gasteiger partial charge in [-0.25, -0.2) is 0 Å². The number of nitrogens with one attached hydrogen (secondary N) is 1. The lowest BCUT2D eigenvalue weighted by Gasteiger charge is -2.05. The molecule has 1 N–H and O–H groups in total. The van der Waals surface area contributed by atoms with Crippen molar-refractivity contribution in [3.8, 4) is 0 Å². The fraction of sp³-hybridized carbons (Fsp3) is 0.286. The summed E-state index contributed by atoms with van der Waals surface area (Å²) < 4.78 is 0. The van der Waals surface area contributed by atoms with Crippen molar-refractivity contribution in [3.63, 3.8) is 0 Å². The first-order valence-corrected chi connectivity index (χ1v) is 5.89. The molecule has 0 saturated heterocycles. The Morgan fingerprint density at radius 2 is 2.12 bits per heavy atom. The number of benzene rings is 1. The Morgan fingerprint density at radius 3 is 2.94 bits per heavy atom. The molecular weight excluding hydrogens is 212 g/mol. The number of Topliss-reactive ketones (excluding diaryl/α,β-unsaturated/α-hetero) is 1. The summed E-state index contributed by atoms with van der Waals surface area (Å²) in [6.45, 7) is 3.64. The Morgan fingerprint density at radius 1 is 1.29 bits per heavy atom. The monoisotopic (exact) mass is 228 g/mol. The van der Waals surface area contributed by atoms with Gasteiger partial charge in [-0.1, -0.05) is 31.2 Å². The third-order valence-corrected chi connectivity index (χ3v) is 2.75. The maximum Gasteiger partial charge on any atom is 0.166 e. The summed E-state index contributed by atoms with van der Waals surface area (Å²) in [5, 5.41) is 5.16. The van der Waals surface area contributed by atoms with Gasteiger partial charge in [-0.3, -0.25) is 9.78 Å². The first-order chi connectivity index (χ1) is 8.33. The van der Waals surface area contributed by atoms with Crippen LogP contribution in [0, 0.1) is 0 Å². The van der Waals surface area contributed by atoms with E-state index >= 15 is 0 Å². The molecule has 0 unspecified atom stereocenters. The number of ketones is 1. The van der Waals surface area contributed by atoms with E-state index in [-0.39, 0.29) is 5.78 Å². The van der Waals surface area contributed by atoms with E-state index in [1.807, 2.05) is 31.2 Å². The Hall–Kier alpha value is -1.74. The average molecular weight is 228 g/mol. The molecular formula is C14H16N2O. The van der Waals surface area contributed by atoms with E-state index in [2.05, 4.69) is 10.3 Å². The van der Waals surface area contributed by atoms with Crippen LogP contribution < -0.4 is 5.32 Å². The van der Waals surface area contributed by atoms with Gasteiger partial charge in [0, 0.05) is 36.3 Å². The number of nitrogens with zero attached hydrogens (tertiary/aromatic N) is 1. The predicted octanol–water partition coefficient (Wildman–Crippen LogP) is 2.42. The van der Waals surface area contributed by atoms with Crippen molar-refractivity contribution in [3.05, 3.63) is 42.2 Å². The molecule has 0 fully saturated rings. The van der Waals surface area contributed by atoms with Gasteiger partial charge in [0.25, 0.3) is 0 Å². The molecule has 2 rings (SSSR count). The lowest BCUT2D eigenvalue weighted by atomic mass is 10.0. The second kappa shape index (κ2) is 5.55. The Labute approximate surface area is 101 Å². The second-order valence-corrected chi connectivity index (χ2v) is 3.93. The first kappa shape index (κ1) is 11.7. The molecule has 0 bridgehead atoms. The van der Waals surface area contributed by atoms with Crippen LogP contribution in [0.5, 0.6) is 0 Å². The van der Waals surface area contributed by atoms with Crippen LogP contribution in [0.25, 0.3) is 10.8 Å². The Balaban J connectivity index is 2.26. The minimum atomic E-state index is 0.148. The van der Waals surface area contributed by atoms with Gasteiger partial charge in [-0.15, -0.1) is 0 Å². The van der Waals surface area contributed by atoms with Crippen molar-refractivity contribution >= 4 is 16.6 Å². The lowest BCUT2D eigenvalue weighted by molar-refractivity contribution is 0.0984. The van der Waals surface area contributed by atoms with Crippen LogP contribution in [-0.2, 0) is 0 Å². The molecule has 1 heterocycles. The van der Waals surface area contributed by atoms with Crippen LogP contribution in [0.1, 0.15) is 23.7 Å². The summed E-state index contributed by atoms with van der Waals surface area (Å²) in [5.74, 6) is 0.148. The van der Waals surface area contributed by atoms with Crippen molar-refractivity contribution < 1.29 is 4.79 Å². The van der Waals surface area contributed by atoms with Gasteiger partial charge in [-0.2, -0.15) is 0 Å². The van der Waals surface area contributed by atoms with Gasteiger partial charge in [0.05, 0.1) is 0 Å². The molecule has 0 saturated carbocycles. The summed E-state index contributed by atoms with van der Waals surface area (Å²) in [4.78, 5) is 16.2. The number of aromatic nitrogens is 1. The molecule has 3 nitrogen and oxygen atoms in total. The molecule has 0 amide bonds. The highest BCUT2D eigenvalue weighted by Gasteiger charge is 2.09. The van der Waals surface area contributed by atoms with Gasteiger partial charge in [-0.05, 0) is 11.9 Å². The normalized spacial score (nSPS) is 10.6. The van der Waals surface area contributed by atoms with E-state index in [9.17, 15) is 4.79 Å². The van der Waals surface area contributed by atoms with Gasteiger partial charge < -0.3 is 5.32 Å². The van der Waals surface area contributed by atoms with Gasteiger partial charge in [0.2, 0.25) is 0 Å². The molecule has 0 spiro atoms. The maximum atomic E-state index is 12.1. The highest BCUT2D eigenvalue weighted by Crippen LogP contribution is 2.18. The van der Waals surface area contributed by atoms with E-state index < -0.39 is 0 Å². The molecule has 0 aliphatic heterocycles. The Kier molecular flexibility index (Phi) is 3.83. The molecule has 0 radical (unpaired) electrons. The number of rotatable bonds is 5. The topological polar surface area (TPSA) is 42.0 Å². The maximum absolute atomic E-state index is 12.1. The second-order valence-electron chi connectivity index (χ2n) is 3.93. The van der Waals surface area contributed by atoms with Gasteiger partial charge >= 0.3 is 0 Å². The van der Waals surface area contributed by atoms with Crippen LogP contribution in [0.15, 0.2) is 36.7 Å². The zero-order valence-corrected chi connectivity index (χ0v) is 9.94. The van der Waals surface area contributed by atoms with Crippen molar-refractivity contribution in [2.24, 2.45) is 0 Å². The molecule has 1 aromatic heterocycles. The van der Waals surface area contributed by atoms with Crippen molar-refractivity contribution in [1.29, 1.82) is 0 Å². The first-order valence-electron chi connectivity index (χ1n) is 5.89. The fourth-order valence-corrected chi connectivity index (χ4v) is 1.85. The van der Waals surface area contributed by atoms with E-state index in [1.54, 1.807) is 12.4 Å². The Bertz CT molecular complexity index is 517. The molecule has 1 aromatic carbocycles. The SMILES string of the molecule is CCNCCC(=O)c1cncc2ccccc12. The van der Waals surface area contributed by atoms with Crippen molar-refractivity contribution in [1.82, 2.24) is 10.3 Å². The van der Waals surface area contributed by atoms with Crippen LogP contribution in [-0.4, -0.2) is 23.9 Å². The van der Waals surface area contributed by atoms with Crippen molar-refractivity contribution in [2.75, 3.05) is 13.1 Å². The predicted molar refractivity (Wildman–Crippen MR) is 69.2 cm³/mol. The number of pyridine rings is 1. The molecule has 88 valence electrons. The molecule has 2 aromatic rings. The van der Waals surface area contributed by atoms with Crippen LogP contribution >= 0.6 is 0 Å². The molecule has 0 aliphatic rings. The summed E-state index contributed by atoms with van der Waals surface area (Å²) in [6.07, 6.45) is 3.97. The minimum Gasteiger partial charge on any atom is -0.317 e. The number of carbonyl (C=O) groups is 1. The molecule has 3 heteroatoms. The van der Waals surface area contributed by atoms with E-state index in [0.29, 0.717) is 6.42 Å². The van der Waals surface area contributed by atoms with Crippen LogP contribution in [0.3, 0.4) is 0 Å². The van der Waals surface area contributed by atoms with E-state index in [0.717, 1.165) is 29.4 Å². The zero-order valence-electron chi connectivity index (χ0n) is 9.94. The van der Waals surface area contributed by atoms with Crippen molar-refractivity contribution in [2.45, 2.75) is 13.3 Å². The van der Waals surface area contributed by atoms with E-state index in [4.69, 9.17) is 0 Å². The summed E-state index contributed by atoms with van der Waals surface area (Å²) >= 11 is 0. The fourth-order valence-electron chi connectivity index (χ4n) is 1.85. The zero-order chi connectivity index (χ0) is 12.1. The summed E-state index contributed by atoms with van der Waals surface area (Å²) in [5.41, 5.74) is 0.723. The average Bonchev–Trinajstić information content (AvgIpc) is 2.38. The third kappa shape index (κ3) is 2.68. The van der Waals surface area contributed by atoms with Crippen LogP contribution in [0.4, 0.5) is 0 Å². The third-order valence-electron chi connectivity index (χ3n) is 2.75. The van der Waals surface area contributed by atoms with Gasteiger partial charge in [0.15, 0.2) is 5.78 Å². The quantitative estimate of drug-likeness (QED) is 0.631. The summed E-state index contributed by atoms with van der Waals surface area (Å²) in [6, 6.07) is 7.85. The van der Waals surface area contributed by atoms with Crippen LogP contribution in [0.2, 0.25) is 0 Å². The number of hydrogen-bond acceptors (Lipinski definition) is 3. The molecule has 0 aliphatic carbocycles. The highest BCUT2D eigenvalue weighted by molar-refractivity contribution is 6.07. The molecule has 0 atom stereocenters. The number of hydrogen-bond donors (Lipinski definition) is 1. The summed E-state index contributed by atoms with van der Waals surface area (Å²) in [7, 11) is 0. The minimum absolute atomic E-state index is 0.148. The largest absolute Gasteiger partial charge is 0.317 e. The number of carbonyl (C=O) groups excluding carboxylic acids is 1.